The van der Waals surface area contributed by atoms with E-state index in [1.807, 2.05) is 23.1 Å². The number of nitrogens with zero attached hydrogens (tertiary/aromatic N) is 7. The van der Waals surface area contributed by atoms with Gasteiger partial charge in [-0.3, -0.25) is 9.58 Å². The molecule has 4 aromatic rings. The molecular formula is C36H37F12N9O8. The number of pyridine rings is 1. The number of aromatic nitrogens is 6. The zero-order chi connectivity index (χ0) is 49.0. The summed E-state index contributed by atoms with van der Waals surface area (Å²) in [5.74, 6) is -8.29. The molecule has 2 fully saturated rings. The molecule has 5 heterocycles. The Kier molecular flexibility index (Phi) is 18.0. The van der Waals surface area contributed by atoms with Crippen LogP contribution >= 0.6 is 0 Å². The number of carboxylic acid groups (broad SMARTS) is 3. The van der Waals surface area contributed by atoms with Gasteiger partial charge in [0, 0.05) is 61.7 Å². The Bertz CT molecular complexity index is 2190. The first-order chi connectivity index (χ1) is 30.1. The average molecular weight is 952 g/mol. The Morgan fingerprint density at radius 3 is 1.97 bits per heavy atom. The summed E-state index contributed by atoms with van der Waals surface area (Å²) in [7, 11) is 0. The fourth-order valence-electron chi connectivity index (χ4n) is 6.26. The van der Waals surface area contributed by atoms with Crippen LogP contribution in [0.2, 0.25) is 0 Å². The summed E-state index contributed by atoms with van der Waals surface area (Å²) in [6.07, 6.45) is -9.10. The maximum atomic E-state index is 13.5. The molecule has 0 amide bonds. The molecule has 0 spiro atoms. The molecule has 1 saturated carbocycles. The molecule has 0 aromatic carbocycles. The number of hydrogen-bond donors (Lipinski definition) is 6. The number of ether oxygens (including phenoxy) is 1. The van der Waals surface area contributed by atoms with Crippen LogP contribution in [0.25, 0.3) is 22.3 Å². The number of rotatable bonds is 11. The molecular weight excluding hydrogens is 914 g/mol. The first kappa shape index (κ1) is 53.1. The molecule has 2 aliphatic rings. The van der Waals surface area contributed by atoms with Gasteiger partial charge in [0.15, 0.2) is 0 Å². The minimum atomic E-state index is -5.08. The van der Waals surface area contributed by atoms with E-state index in [2.05, 4.69) is 41.3 Å². The van der Waals surface area contributed by atoms with Gasteiger partial charge in [0.05, 0.1) is 24.4 Å². The van der Waals surface area contributed by atoms with E-state index in [-0.39, 0.29) is 25.1 Å². The number of aromatic amines is 1. The number of likely N-dealkylation sites (tertiary alicyclic amines) is 1. The topological polar surface area (TPSA) is 253 Å². The van der Waals surface area contributed by atoms with Crippen molar-refractivity contribution < 1.29 is 92.2 Å². The Morgan fingerprint density at radius 1 is 0.892 bits per heavy atom. The largest absolute Gasteiger partial charge is 0.490 e. The van der Waals surface area contributed by atoms with E-state index in [9.17, 15) is 57.9 Å². The van der Waals surface area contributed by atoms with E-state index in [0.29, 0.717) is 56.9 Å². The number of fused-ring (bicyclic) bond motifs is 1. The Morgan fingerprint density at radius 2 is 1.46 bits per heavy atom. The van der Waals surface area contributed by atoms with Gasteiger partial charge in [-0.25, -0.2) is 29.3 Å². The number of aliphatic carboxylic acids is 3. The molecule has 65 heavy (non-hydrogen) atoms. The van der Waals surface area contributed by atoms with Crippen LogP contribution in [0.3, 0.4) is 0 Å². The molecule has 1 aliphatic heterocycles. The van der Waals surface area contributed by atoms with Crippen LogP contribution < -0.4 is 10.1 Å². The highest BCUT2D eigenvalue weighted by molar-refractivity contribution is 5.90. The van der Waals surface area contributed by atoms with E-state index < -0.39 is 53.8 Å². The van der Waals surface area contributed by atoms with Gasteiger partial charge in [0.1, 0.15) is 29.3 Å². The maximum Gasteiger partial charge on any atom is 0.490 e. The smallest absolute Gasteiger partial charge is 0.475 e. The van der Waals surface area contributed by atoms with Crippen LogP contribution in [0.4, 0.5) is 52.7 Å². The van der Waals surface area contributed by atoms with Crippen LogP contribution in [0.5, 0.6) is 5.88 Å². The molecule has 358 valence electrons. The van der Waals surface area contributed by atoms with Crippen molar-refractivity contribution in [1.29, 1.82) is 5.26 Å². The molecule has 0 bridgehead atoms. The van der Waals surface area contributed by atoms with Crippen LogP contribution in [-0.2, 0) is 32.6 Å². The van der Waals surface area contributed by atoms with E-state index in [0.717, 1.165) is 41.2 Å². The quantitative estimate of drug-likeness (QED) is 0.0754. The number of hydrogen-bond acceptors (Lipinski definition) is 12. The second-order valence-corrected chi connectivity index (χ2v) is 14.0. The van der Waals surface area contributed by atoms with Crippen molar-refractivity contribution >= 4 is 28.9 Å². The normalized spacial score (nSPS) is 17.4. The lowest BCUT2D eigenvalue weighted by atomic mass is 9.82. The van der Waals surface area contributed by atoms with E-state index in [1.165, 1.54) is 6.33 Å². The molecule has 1 saturated heterocycles. The lowest BCUT2D eigenvalue weighted by Crippen LogP contribution is -2.65. The van der Waals surface area contributed by atoms with Gasteiger partial charge >= 0.3 is 42.6 Å². The van der Waals surface area contributed by atoms with Crippen molar-refractivity contribution in [3.8, 4) is 23.2 Å². The van der Waals surface area contributed by atoms with Gasteiger partial charge < -0.3 is 35.5 Å². The number of carbonyl (C=O) groups is 3. The summed E-state index contributed by atoms with van der Waals surface area (Å²) < 4.78 is 144. The zero-order valence-electron chi connectivity index (χ0n) is 33.1. The Hall–Kier alpha value is -6.28. The third-order valence-electron chi connectivity index (χ3n) is 9.27. The molecule has 6 rings (SSSR count). The van der Waals surface area contributed by atoms with Crippen molar-refractivity contribution in [1.82, 2.24) is 39.9 Å². The summed E-state index contributed by atoms with van der Waals surface area (Å²) in [6.45, 7) is 2.09. The van der Waals surface area contributed by atoms with E-state index in [4.69, 9.17) is 39.5 Å². The van der Waals surface area contributed by atoms with Crippen molar-refractivity contribution in [3.05, 3.63) is 54.4 Å². The molecule has 0 radical (unpaired) electrons. The van der Waals surface area contributed by atoms with Crippen molar-refractivity contribution in [2.75, 3.05) is 26.2 Å². The number of nitriles is 1. The molecule has 0 atom stereocenters. The van der Waals surface area contributed by atoms with Crippen LogP contribution in [0.1, 0.15) is 49.8 Å². The van der Waals surface area contributed by atoms with Crippen LogP contribution in [0, 0.1) is 11.3 Å². The van der Waals surface area contributed by atoms with Crippen LogP contribution in [-0.4, -0.2) is 130 Å². The summed E-state index contributed by atoms with van der Waals surface area (Å²) >= 11 is 0. The third-order valence-corrected chi connectivity index (χ3v) is 9.27. The number of halogens is 12. The van der Waals surface area contributed by atoms with E-state index in [1.54, 1.807) is 12.3 Å². The van der Waals surface area contributed by atoms with Crippen molar-refractivity contribution in [2.24, 2.45) is 0 Å². The fraction of sp³-hybridized carbons (Fsp3) is 0.500. The summed E-state index contributed by atoms with van der Waals surface area (Å²) in [5.41, 5.74) is 1.41. The summed E-state index contributed by atoms with van der Waals surface area (Å²) in [5, 5.41) is 48.5. The zero-order valence-corrected chi connectivity index (χ0v) is 33.1. The number of aliphatic hydroxyl groups excluding tert-OH is 1. The van der Waals surface area contributed by atoms with Crippen molar-refractivity contribution in [3.63, 3.8) is 0 Å². The predicted octanol–water partition coefficient (Wildman–Crippen LogP) is 5.92. The van der Waals surface area contributed by atoms with Gasteiger partial charge in [0.25, 0.3) is 0 Å². The fourth-order valence-corrected chi connectivity index (χ4v) is 6.26. The predicted molar refractivity (Wildman–Crippen MR) is 195 cm³/mol. The number of aliphatic hydroxyl groups is 1. The lowest BCUT2D eigenvalue weighted by Gasteiger charge is -2.53. The molecule has 1 aliphatic carbocycles. The van der Waals surface area contributed by atoms with Crippen molar-refractivity contribution in [2.45, 2.75) is 87.5 Å². The van der Waals surface area contributed by atoms with Gasteiger partial charge in [-0.2, -0.15) is 63.0 Å². The maximum absolute atomic E-state index is 13.5. The highest BCUT2D eigenvalue weighted by Gasteiger charge is 2.48. The first-order valence-corrected chi connectivity index (χ1v) is 18.5. The summed E-state index contributed by atoms with van der Waals surface area (Å²) in [4.78, 5) is 44.6. The second-order valence-electron chi connectivity index (χ2n) is 14.0. The SMILES string of the molecule is N#CCC1(n2cc(-c3ncnc4[nH]ccc34)cn2)CN([C@H]2CC[C@@H](Oc3cc(CNCCCO)cc(C(F)(F)F)n3)CC2)C1.O=C(O)C(F)(F)F.O=C(O)C(F)(F)F.O=C(O)C(F)(F)F. The number of carboxylic acids is 3. The molecule has 4 aromatic heterocycles. The standard InChI is InChI=1S/C30H34F3N9O2.3C2HF3O2/c31-30(32,33)25-12-20(14-35-9-1-11-43)13-26(40-25)44-23-4-2-22(3-5-23)41-17-29(18-41,7-8-34)42-16-21(15-39-42)27-24-6-10-36-28(24)38-19-37-27;3*3-2(4,5)1(6)7/h6,10,12-13,15-16,19,22-23,35,43H,1-5,7,9,11,14,17-18H2,(H,36,37,38);3*(H,6,7)/t22-,23+;;;. The number of alkyl halides is 12. The molecule has 0 unspecified atom stereocenters. The van der Waals surface area contributed by atoms with Gasteiger partial charge in [-0.15, -0.1) is 0 Å². The van der Waals surface area contributed by atoms with Gasteiger partial charge in [0.2, 0.25) is 5.88 Å². The second kappa shape index (κ2) is 22.1. The lowest BCUT2D eigenvalue weighted by molar-refractivity contribution is -0.193. The van der Waals surface area contributed by atoms with E-state index >= 15 is 0 Å². The van der Waals surface area contributed by atoms with Gasteiger partial charge in [-0.1, -0.05) is 0 Å². The summed E-state index contributed by atoms with van der Waals surface area (Å²) in [6, 6.07) is 7.15. The number of H-pyrrole nitrogens is 1. The Balaban J connectivity index is 0.000000443. The molecule has 6 N–H and O–H groups in total. The third kappa shape index (κ3) is 15.7. The monoisotopic (exact) mass is 951 g/mol. The van der Waals surface area contributed by atoms with Gasteiger partial charge in [-0.05, 0) is 56.3 Å². The Labute approximate surface area is 357 Å². The average Bonchev–Trinajstić information content (AvgIpc) is 3.89. The molecule has 29 heteroatoms. The van der Waals surface area contributed by atoms with Crippen LogP contribution in [0.15, 0.2) is 43.1 Å². The number of nitrogens with one attached hydrogen (secondary N) is 2. The molecule has 17 nitrogen and oxygen atoms in total. The first-order valence-electron chi connectivity index (χ1n) is 18.5. The highest BCUT2D eigenvalue weighted by Crippen LogP contribution is 2.39. The highest BCUT2D eigenvalue weighted by atomic mass is 19.4. The minimum Gasteiger partial charge on any atom is -0.475 e. The minimum absolute atomic E-state index is 0.0106.